The van der Waals surface area contributed by atoms with E-state index in [1.54, 1.807) is 0 Å². The van der Waals surface area contributed by atoms with Crippen LogP contribution in [-0.2, 0) is 0 Å². The first-order chi connectivity index (χ1) is 4.27. The highest BCUT2D eigenvalue weighted by Gasteiger charge is 1.81. The Labute approximate surface area is 57.3 Å². The maximum Gasteiger partial charge on any atom is 0.0326 e. The predicted molar refractivity (Wildman–Crippen MR) is 41.6 cm³/mol. The Hall–Kier alpha value is -0.530. The van der Waals surface area contributed by atoms with E-state index in [1.807, 2.05) is 6.21 Å². The van der Waals surface area contributed by atoms with Crippen LogP contribution in [0, 0.1) is 5.92 Å². The third-order valence-corrected chi connectivity index (χ3v) is 0.826. The van der Waals surface area contributed by atoms with E-state index in [9.17, 15) is 0 Å². The minimum Gasteiger partial charge on any atom is -0.310 e. The van der Waals surface area contributed by atoms with Gasteiger partial charge in [0, 0.05) is 12.8 Å². The van der Waals surface area contributed by atoms with E-state index >= 15 is 0 Å². The average molecular weight is 128 g/mol. The van der Waals surface area contributed by atoms with E-state index in [-0.39, 0.29) is 0 Å². The summed E-state index contributed by atoms with van der Waals surface area (Å²) in [6.07, 6.45) is 3.05. The summed E-state index contributed by atoms with van der Waals surface area (Å²) >= 11 is 0. The molecule has 0 aliphatic heterocycles. The Morgan fingerprint density at radius 2 is 2.22 bits per heavy atom. The molecule has 0 aliphatic carbocycles. The largest absolute Gasteiger partial charge is 0.310 e. The van der Waals surface area contributed by atoms with Crippen molar-refractivity contribution in [2.45, 2.75) is 27.2 Å². The molecule has 0 aromatic rings. The monoisotopic (exact) mass is 128 g/mol. The first-order valence-corrected chi connectivity index (χ1v) is 3.53. The molecule has 0 heterocycles. The first-order valence-electron chi connectivity index (χ1n) is 3.53. The highest BCUT2D eigenvalue weighted by molar-refractivity contribution is 5.58. The normalized spacial score (nSPS) is 11.1. The molecule has 0 spiro atoms. The van der Waals surface area contributed by atoms with Crippen LogP contribution in [0.25, 0.3) is 0 Å². The number of hydrogen-bond donors (Lipinski definition) is 1. The molecule has 54 valence electrons. The number of nitrogens with one attached hydrogen (secondary N) is 1. The molecule has 0 radical (unpaired) electrons. The van der Waals surface area contributed by atoms with Crippen LogP contribution in [0.3, 0.4) is 0 Å². The van der Waals surface area contributed by atoms with Crippen LogP contribution < -0.4 is 5.43 Å². The number of hydrogen-bond acceptors (Lipinski definition) is 2. The second-order valence-electron chi connectivity index (χ2n) is 2.43. The maximum atomic E-state index is 3.99. The zero-order valence-electron chi connectivity index (χ0n) is 6.52. The van der Waals surface area contributed by atoms with Gasteiger partial charge in [0.2, 0.25) is 0 Å². The highest BCUT2D eigenvalue weighted by atomic mass is 15.3. The fourth-order valence-corrected chi connectivity index (χ4v) is 0.378. The molecular formula is C7H16N2. The predicted octanol–water partition coefficient (Wildman–Crippen LogP) is 1.63. The van der Waals surface area contributed by atoms with Crippen LogP contribution in [0.5, 0.6) is 0 Å². The SMILES string of the molecule is CCCN/N=C/C(C)C. The quantitative estimate of drug-likeness (QED) is 0.347. The minimum atomic E-state index is 0.550. The number of rotatable bonds is 4. The summed E-state index contributed by atoms with van der Waals surface area (Å²) in [6, 6.07) is 0. The van der Waals surface area contributed by atoms with Crippen molar-refractivity contribution in [1.82, 2.24) is 5.43 Å². The summed E-state index contributed by atoms with van der Waals surface area (Å²) < 4.78 is 0. The Morgan fingerprint density at radius 3 is 2.67 bits per heavy atom. The molecule has 0 amide bonds. The molecule has 0 bridgehead atoms. The smallest absolute Gasteiger partial charge is 0.0326 e. The van der Waals surface area contributed by atoms with Crippen molar-refractivity contribution in [3.63, 3.8) is 0 Å². The molecule has 0 saturated carbocycles. The fourth-order valence-electron chi connectivity index (χ4n) is 0.378. The van der Waals surface area contributed by atoms with E-state index < -0.39 is 0 Å². The summed E-state index contributed by atoms with van der Waals surface area (Å²) in [5, 5.41) is 3.99. The summed E-state index contributed by atoms with van der Waals surface area (Å²) in [5.74, 6) is 0.550. The minimum absolute atomic E-state index is 0.550. The van der Waals surface area contributed by atoms with Gasteiger partial charge >= 0.3 is 0 Å². The van der Waals surface area contributed by atoms with Crippen LogP contribution >= 0.6 is 0 Å². The molecule has 0 rings (SSSR count). The van der Waals surface area contributed by atoms with Crippen molar-refractivity contribution in [1.29, 1.82) is 0 Å². The summed E-state index contributed by atoms with van der Waals surface area (Å²) in [5.41, 5.74) is 2.94. The van der Waals surface area contributed by atoms with Gasteiger partial charge in [-0.2, -0.15) is 5.10 Å². The lowest BCUT2D eigenvalue weighted by Gasteiger charge is -1.95. The zero-order chi connectivity index (χ0) is 7.11. The van der Waals surface area contributed by atoms with Gasteiger partial charge in [-0.25, -0.2) is 0 Å². The first kappa shape index (κ1) is 8.47. The molecule has 0 fully saturated rings. The van der Waals surface area contributed by atoms with Crippen molar-refractivity contribution in [2.24, 2.45) is 11.0 Å². The van der Waals surface area contributed by atoms with Gasteiger partial charge in [0.25, 0.3) is 0 Å². The van der Waals surface area contributed by atoms with Crippen LogP contribution in [-0.4, -0.2) is 12.8 Å². The second kappa shape index (κ2) is 5.60. The van der Waals surface area contributed by atoms with Crippen molar-refractivity contribution in [2.75, 3.05) is 6.54 Å². The Balaban J connectivity index is 3.04. The molecule has 2 heteroatoms. The van der Waals surface area contributed by atoms with Gasteiger partial charge in [-0.15, -0.1) is 0 Å². The van der Waals surface area contributed by atoms with Gasteiger partial charge in [-0.3, -0.25) is 0 Å². The number of nitrogens with zero attached hydrogens (tertiary/aromatic N) is 1. The van der Waals surface area contributed by atoms with Crippen LogP contribution in [0.4, 0.5) is 0 Å². The van der Waals surface area contributed by atoms with E-state index in [4.69, 9.17) is 0 Å². The molecule has 0 atom stereocenters. The lowest BCUT2D eigenvalue weighted by molar-refractivity contribution is 0.710. The van der Waals surface area contributed by atoms with Crippen molar-refractivity contribution in [3.05, 3.63) is 0 Å². The van der Waals surface area contributed by atoms with Crippen LogP contribution in [0.15, 0.2) is 5.10 Å². The standard InChI is InChI=1S/C7H16N2/c1-4-5-8-9-6-7(2)3/h6-8H,4-5H2,1-3H3/b9-6+. The molecular weight excluding hydrogens is 112 g/mol. The molecule has 1 N–H and O–H groups in total. The van der Waals surface area contributed by atoms with Gasteiger partial charge in [0.1, 0.15) is 0 Å². The molecule has 9 heavy (non-hydrogen) atoms. The Morgan fingerprint density at radius 1 is 1.56 bits per heavy atom. The van der Waals surface area contributed by atoms with E-state index in [0.717, 1.165) is 13.0 Å². The van der Waals surface area contributed by atoms with Gasteiger partial charge in [-0.1, -0.05) is 20.8 Å². The zero-order valence-corrected chi connectivity index (χ0v) is 6.52. The van der Waals surface area contributed by atoms with Crippen molar-refractivity contribution >= 4 is 6.21 Å². The van der Waals surface area contributed by atoms with E-state index in [2.05, 4.69) is 31.3 Å². The van der Waals surface area contributed by atoms with E-state index in [1.165, 1.54) is 0 Å². The van der Waals surface area contributed by atoms with Crippen LogP contribution in [0.2, 0.25) is 0 Å². The summed E-state index contributed by atoms with van der Waals surface area (Å²) in [6.45, 7) is 7.31. The Kier molecular flexibility index (Phi) is 5.27. The van der Waals surface area contributed by atoms with Crippen LogP contribution in [0.1, 0.15) is 27.2 Å². The van der Waals surface area contributed by atoms with Gasteiger partial charge in [0.15, 0.2) is 0 Å². The second-order valence-corrected chi connectivity index (χ2v) is 2.43. The third kappa shape index (κ3) is 7.47. The lowest BCUT2D eigenvalue weighted by Crippen LogP contribution is -2.07. The molecule has 0 aromatic heterocycles. The summed E-state index contributed by atoms with van der Waals surface area (Å²) in [7, 11) is 0. The molecule has 0 unspecified atom stereocenters. The van der Waals surface area contributed by atoms with Crippen molar-refractivity contribution in [3.8, 4) is 0 Å². The third-order valence-electron chi connectivity index (χ3n) is 0.826. The molecule has 0 aliphatic rings. The lowest BCUT2D eigenvalue weighted by atomic mass is 10.3. The van der Waals surface area contributed by atoms with E-state index in [0.29, 0.717) is 5.92 Å². The highest BCUT2D eigenvalue weighted by Crippen LogP contribution is 1.82. The molecule has 0 aromatic carbocycles. The van der Waals surface area contributed by atoms with Gasteiger partial charge < -0.3 is 5.43 Å². The van der Waals surface area contributed by atoms with Gasteiger partial charge in [0.05, 0.1) is 0 Å². The Bertz CT molecular complexity index is 77.0. The average Bonchev–Trinajstić information content (AvgIpc) is 1.80. The fraction of sp³-hybridized carbons (Fsp3) is 0.857. The number of hydrazone groups is 1. The topological polar surface area (TPSA) is 24.4 Å². The van der Waals surface area contributed by atoms with Crippen molar-refractivity contribution < 1.29 is 0 Å². The molecule has 0 saturated heterocycles. The maximum absolute atomic E-state index is 3.99. The van der Waals surface area contributed by atoms with Gasteiger partial charge in [-0.05, 0) is 12.3 Å². The molecule has 2 nitrogen and oxygen atoms in total. The summed E-state index contributed by atoms with van der Waals surface area (Å²) in [4.78, 5) is 0.